The fourth-order valence-corrected chi connectivity index (χ4v) is 3.52. The van der Waals surface area contributed by atoms with Gasteiger partial charge in [-0.15, -0.1) is 0 Å². The Balaban J connectivity index is 1.85. The van der Waals surface area contributed by atoms with E-state index in [9.17, 15) is 18.8 Å². The first kappa shape index (κ1) is 19.8. The molecule has 1 saturated heterocycles. The molecule has 1 fully saturated rings. The van der Waals surface area contributed by atoms with Crippen molar-refractivity contribution in [3.8, 4) is 0 Å². The predicted octanol–water partition coefficient (Wildman–Crippen LogP) is 1.19. The van der Waals surface area contributed by atoms with Crippen LogP contribution < -0.4 is 10.7 Å². The van der Waals surface area contributed by atoms with Crippen molar-refractivity contribution >= 4 is 29.2 Å². The van der Waals surface area contributed by atoms with E-state index in [0.29, 0.717) is 18.7 Å². The molecule has 9 heteroatoms. The van der Waals surface area contributed by atoms with E-state index in [-0.39, 0.29) is 18.7 Å². The van der Waals surface area contributed by atoms with Crippen molar-refractivity contribution < 1.29 is 23.5 Å². The molecule has 2 atom stereocenters. The molecule has 0 saturated carbocycles. The fraction of sp³-hybridized carbons (Fsp3) is 0.474. The number of anilines is 1. The first-order valence-corrected chi connectivity index (χ1v) is 9.31. The molecular weight excluding hydrogens is 367 g/mol. The molecule has 1 aromatic rings. The number of piperidine rings is 1. The maximum Gasteiger partial charge on any atom is 0.328 e. The van der Waals surface area contributed by atoms with Crippen LogP contribution in [-0.2, 0) is 19.1 Å². The molecule has 2 N–H and O–H groups in total. The van der Waals surface area contributed by atoms with Gasteiger partial charge in [0.2, 0.25) is 5.91 Å². The highest BCUT2D eigenvalue weighted by molar-refractivity contribution is 6.40. The number of likely N-dealkylation sites (tertiary alicyclic amines) is 1. The maximum absolute atomic E-state index is 13.2. The van der Waals surface area contributed by atoms with Crippen LogP contribution in [0, 0.1) is 5.82 Å². The summed E-state index contributed by atoms with van der Waals surface area (Å²) in [6.45, 7) is 2.37. The van der Waals surface area contributed by atoms with Gasteiger partial charge in [-0.1, -0.05) is 0 Å². The summed E-state index contributed by atoms with van der Waals surface area (Å²) in [6, 6.07) is 3.90. The van der Waals surface area contributed by atoms with Crippen molar-refractivity contribution in [1.82, 2.24) is 4.90 Å². The third-order valence-electron chi connectivity index (χ3n) is 4.90. The van der Waals surface area contributed by atoms with Gasteiger partial charge in [0, 0.05) is 13.0 Å². The number of nitrogens with zero attached hydrogens (tertiary/aromatic N) is 3. The van der Waals surface area contributed by atoms with E-state index in [4.69, 9.17) is 10.5 Å². The van der Waals surface area contributed by atoms with Crippen molar-refractivity contribution in [2.75, 3.05) is 18.2 Å². The number of esters is 1. The number of nitrogens with two attached hydrogens (primary N) is 1. The summed E-state index contributed by atoms with van der Waals surface area (Å²) in [5.74, 6) is -1.91. The molecule has 2 unspecified atom stereocenters. The average Bonchev–Trinajstić information content (AvgIpc) is 3.14. The largest absolute Gasteiger partial charge is 0.464 e. The van der Waals surface area contributed by atoms with Gasteiger partial charge in [-0.2, -0.15) is 5.10 Å². The lowest BCUT2D eigenvalue weighted by Crippen LogP contribution is -2.51. The van der Waals surface area contributed by atoms with Gasteiger partial charge in [0.1, 0.15) is 23.6 Å². The zero-order valence-corrected chi connectivity index (χ0v) is 15.6. The minimum Gasteiger partial charge on any atom is -0.464 e. The molecule has 0 bridgehead atoms. The maximum atomic E-state index is 13.2. The number of rotatable bonds is 5. The Morgan fingerprint density at radius 1 is 1.21 bits per heavy atom. The SMILES string of the molecule is CCOC(=O)C1CCCCN1C(=O)C1=NN(c2ccc(F)cc2)C(C(N)=O)C1. The number of carbonyl (C=O) groups excluding carboxylic acids is 3. The molecule has 3 rings (SSSR count). The van der Waals surface area contributed by atoms with Gasteiger partial charge >= 0.3 is 5.97 Å². The second-order valence-electron chi connectivity index (χ2n) is 6.75. The minimum absolute atomic E-state index is 0.0254. The van der Waals surface area contributed by atoms with Gasteiger partial charge in [0.15, 0.2) is 0 Å². The molecular formula is C19H23FN4O4. The number of benzene rings is 1. The van der Waals surface area contributed by atoms with E-state index >= 15 is 0 Å². The number of ether oxygens (including phenoxy) is 1. The quantitative estimate of drug-likeness (QED) is 0.761. The fourth-order valence-electron chi connectivity index (χ4n) is 3.52. The number of hydrogen-bond acceptors (Lipinski definition) is 6. The van der Waals surface area contributed by atoms with E-state index < -0.39 is 35.7 Å². The topological polar surface area (TPSA) is 105 Å². The summed E-state index contributed by atoms with van der Waals surface area (Å²) >= 11 is 0. The Morgan fingerprint density at radius 2 is 1.93 bits per heavy atom. The molecule has 0 radical (unpaired) electrons. The van der Waals surface area contributed by atoms with Crippen LogP contribution >= 0.6 is 0 Å². The lowest BCUT2D eigenvalue weighted by atomic mass is 10.0. The summed E-state index contributed by atoms with van der Waals surface area (Å²) < 4.78 is 18.3. The van der Waals surface area contributed by atoms with Gasteiger partial charge < -0.3 is 15.4 Å². The lowest BCUT2D eigenvalue weighted by molar-refractivity contribution is -0.154. The normalized spacial score (nSPS) is 22.0. The van der Waals surface area contributed by atoms with Crippen LogP contribution in [0.15, 0.2) is 29.4 Å². The van der Waals surface area contributed by atoms with Gasteiger partial charge in [0.05, 0.1) is 12.3 Å². The Bertz CT molecular complexity index is 796. The monoisotopic (exact) mass is 390 g/mol. The molecule has 8 nitrogen and oxygen atoms in total. The summed E-state index contributed by atoms with van der Waals surface area (Å²) in [5.41, 5.74) is 6.08. The minimum atomic E-state index is -0.852. The summed E-state index contributed by atoms with van der Waals surface area (Å²) in [4.78, 5) is 38.7. The highest BCUT2D eigenvalue weighted by atomic mass is 19.1. The molecule has 2 heterocycles. The van der Waals surface area contributed by atoms with Gasteiger partial charge in [0.25, 0.3) is 5.91 Å². The van der Waals surface area contributed by atoms with Gasteiger partial charge in [-0.25, -0.2) is 9.18 Å². The summed E-state index contributed by atoms with van der Waals surface area (Å²) in [5, 5.41) is 5.62. The molecule has 2 aliphatic rings. The number of amides is 2. The van der Waals surface area contributed by atoms with Crippen LogP contribution in [0.3, 0.4) is 0 Å². The van der Waals surface area contributed by atoms with Crippen LogP contribution in [0.4, 0.5) is 10.1 Å². The first-order chi connectivity index (χ1) is 13.4. The third kappa shape index (κ3) is 3.97. The van der Waals surface area contributed by atoms with E-state index in [1.54, 1.807) is 6.92 Å². The van der Waals surface area contributed by atoms with E-state index in [2.05, 4.69) is 5.10 Å². The molecule has 0 aliphatic carbocycles. The predicted molar refractivity (Wildman–Crippen MR) is 99.9 cm³/mol. The molecule has 0 aromatic heterocycles. The number of primary amides is 1. The summed E-state index contributed by atoms with van der Waals surface area (Å²) in [6.07, 6.45) is 2.15. The van der Waals surface area contributed by atoms with Crippen molar-refractivity contribution in [3.05, 3.63) is 30.1 Å². The van der Waals surface area contributed by atoms with Crippen molar-refractivity contribution in [2.24, 2.45) is 10.8 Å². The van der Waals surface area contributed by atoms with Crippen LogP contribution in [0.25, 0.3) is 0 Å². The second-order valence-corrected chi connectivity index (χ2v) is 6.75. The number of halogens is 1. The summed E-state index contributed by atoms with van der Waals surface area (Å²) in [7, 11) is 0. The standard InChI is InChI=1S/C19H23FN4O4/c1-2-28-19(27)15-5-3-4-10-23(15)18(26)14-11-16(17(21)25)24(22-14)13-8-6-12(20)7-9-13/h6-9,15-16H,2-5,10-11H2,1H3,(H2,21,25). The molecule has 0 spiro atoms. The Morgan fingerprint density at radius 3 is 2.57 bits per heavy atom. The highest BCUT2D eigenvalue weighted by Crippen LogP contribution is 2.27. The molecule has 2 aliphatic heterocycles. The average molecular weight is 390 g/mol. The van der Waals surface area contributed by atoms with Gasteiger partial charge in [-0.3, -0.25) is 14.6 Å². The van der Waals surface area contributed by atoms with Crippen LogP contribution in [0.2, 0.25) is 0 Å². The Kier molecular flexibility index (Phi) is 5.91. The molecule has 28 heavy (non-hydrogen) atoms. The zero-order chi connectivity index (χ0) is 20.3. The van der Waals surface area contributed by atoms with Crippen LogP contribution in [0.1, 0.15) is 32.6 Å². The van der Waals surface area contributed by atoms with E-state index in [1.165, 1.54) is 34.2 Å². The number of hydrogen-bond donors (Lipinski definition) is 1. The zero-order valence-electron chi connectivity index (χ0n) is 15.6. The smallest absolute Gasteiger partial charge is 0.328 e. The molecule has 1 aromatic carbocycles. The van der Waals surface area contributed by atoms with Crippen molar-refractivity contribution in [1.29, 1.82) is 0 Å². The van der Waals surface area contributed by atoms with Crippen molar-refractivity contribution in [2.45, 2.75) is 44.7 Å². The molecule has 150 valence electrons. The van der Waals surface area contributed by atoms with Crippen LogP contribution in [0.5, 0.6) is 0 Å². The Labute approximate surface area is 162 Å². The van der Waals surface area contributed by atoms with E-state index in [0.717, 1.165) is 12.8 Å². The van der Waals surface area contributed by atoms with Gasteiger partial charge in [-0.05, 0) is 50.5 Å². The first-order valence-electron chi connectivity index (χ1n) is 9.31. The third-order valence-corrected chi connectivity index (χ3v) is 4.90. The van der Waals surface area contributed by atoms with Crippen LogP contribution in [-0.4, -0.2) is 53.6 Å². The highest BCUT2D eigenvalue weighted by Gasteiger charge is 2.40. The number of hydrazone groups is 1. The molecule has 2 amide bonds. The number of carbonyl (C=O) groups is 3. The van der Waals surface area contributed by atoms with E-state index in [1.807, 2.05) is 0 Å². The lowest BCUT2D eigenvalue weighted by Gasteiger charge is -2.33. The second kappa shape index (κ2) is 8.37. The van der Waals surface area contributed by atoms with Crippen molar-refractivity contribution in [3.63, 3.8) is 0 Å². The Hall–Kier alpha value is -2.97.